The number of halogens is 1. The summed E-state index contributed by atoms with van der Waals surface area (Å²) in [5, 5.41) is 19.7. The number of carboxylic acids is 1. The molecule has 1 aromatic carbocycles. The van der Waals surface area contributed by atoms with Gasteiger partial charge in [0.05, 0.1) is 4.92 Å². The molecule has 7 heteroatoms. The maximum Gasteiger partial charge on any atom is 0.320 e. The minimum atomic E-state index is -0.872. The van der Waals surface area contributed by atoms with Crippen molar-refractivity contribution in [2.75, 3.05) is 7.05 Å². The van der Waals surface area contributed by atoms with Crippen LogP contribution in [0.25, 0.3) is 0 Å². The summed E-state index contributed by atoms with van der Waals surface area (Å²) in [6.07, 6.45) is 0.496. The van der Waals surface area contributed by atoms with E-state index >= 15 is 0 Å². The van der Waals surface area contributed by atoms with Crippen molar-refractivity contribution in [3.8, 4) is 0 Å². The lowest BCUT2D eigenvalue weighted by molar-refractivity contribution is -0.384. The lowest BCUT2D eigenvalue weighted by Crippen LogP contribution is -2.37. The molecule has 0 amide bonds. The van der Waals surface area contributed by atoms with E-state index in [1.807, 2.05) is 0 Å². The summed E-state index contributed by atoms with van der Waals surface area (Å²) in [5.41, 5.74) is 0.816. The van der Waals surface area contributed by atoms with Crippen LogP contribution in [0.15, 0.2) is 22.7 Å². The molecule has 0 aliphatic carbocycles. The smallest absolute Gasteiger partial charge is 0.320 e. The second-order valence-electron chi connectivity index (χ2n) is 4.21. The van der Waals surface area contributed by atoms with Crippen LogP contribution in [0.2, 0.25) is 0 Å². The van der Waals surface area contributed by atoms with E-state index in [0.717, 1.165) is 5.56 Å². The fourth-order valence-corrected chi connectivity index (χ4v) is 2.32. The molecule has 1 rings (SSSR count). The molecule has 0 radical (unpaired) electrons. The van der Waals surface area contributed by atoms with Crippen molar-refractivity contribution in [2.45, 2.75) is 25.9 Å². The van der Waals surface area contributed by atoms with Gasteiger partial charge in [0, 0.05) is 23.2 Å². The third-order valence-corrected chi connectivity index (χ3v) is 3.61. The Bertz CT molecular complexity index is 493. The molecule has 0 spiro atoms. The number of non-ortho nitro benzene ring substituents is 1. The van der Waals surface area contributed by atoms with Gasteiger partial charge in [0.2, 0.25) is 0 Å². The Morgan fingerprint density at radius 3 is 2.63 bits per heavy atom. The number of carbonyl (C=O) groups is 1. The van der Waals surface area contributed by atoms with E-state index < -0.39 is 16.9 Å². The van der Waals surface area contributed by atoms with Gasteiger partial charge in [-0.25, -0.2) is 0 Å². The van der Waals surface area contributed by atoms with Crippen LogP contribution in [0.5, 0.6) is 0 Å². The molecule has 0 heterocycles. The van der Waals surface area contributed by atoms with E-state index in [0.29, 0.717) is 17.4 Å². The SMILES string of the molecule is CCC(C(=O)O)N(C)Cc1ccc([N+](=O)[O-])cc1Br. The fourth-order valence-electron chi connectivity index (χ4n) is 1.83. The molecule has 0 aromatic heterocycles. The summed E-state index contributed by atoms with van der Waals surface area (Å²) < 4.78 is 0.605. The molecular weight excluding hydrogens is 316 g/mol. The molecule has 0 saturated carbocycles. The normalized spacial score (nSPS) is 12.4. The average Bonchev–Trinajstić information content (AvgIpc) is 2.31. The van der Waals surface area contributed by atoms with Gasteiger partial charge < -0.3 is 5.11 Å². The molecule has 1 aromatic rings. The quantitative estimate of drug-likeness (QED) is 0.640. The molecule has 1 unspecified atom stereocenters. The van der Waals surface area contributed by atoms with Crippen LogP contribution < -0.4 is 0 Å². The maximum atomic E-state index is 11.0. The fraction of sp³-hybridized carbons (Fsp3) is 0.417. The van der Waals surface area contributed by atoms with Gasteiger partial charge in [0.15, 0.2) is 0 Å². The predicted octanol–water partition coefficient (Wildman–Crippen LogP) is 2.65. The first kappa shape index (κ1) is 15.6. The molecule has 19 heavy (non-hydrogen) atoms. The third kappa shape index (κ3) is 4.00. The summed E-state index contributed by atoms with van der Waals surface area (Å²) in [4.78, 5) is 22.9. The van der Waals surface area contributed by atoms with Gasteiger partial charge in [-0.1, -0.05) is 22.9 Å². The van der Waals surface area contributed by atoms with Crippen molar-refractivity contribution in [1.29, 1.82) is 0 Å². The number of aliphatic carboxylic acids is 1. The first-order chi connectivity index (χ1) is 8.86. The maximum absolute atomic E-state index is 11.0. The van der Waals surface area contributed by atoms with E-state index in [-0.39, 0.29) is 5.69 Å². The van der Waals surface area contributed by atoms with E-state index in [1.54, 1.807) is 24.9 Å². The number of hydrogen-bond donors (Lipinski definition) is 1. The average molecular weight is 331 g/mol. The molecule has 0 bridgehead atoms. The Morgan fingerprint density at radius 1 is 1.58 bits per heavy atom. The van der Waals surface area contributed by atoms with Gasteiger partial charge >= 0.3 is 5.97 Å². The standard InChI is InChI=1S/C12H15BrN2O4/c1-3-11(12(16)17)14(2)7-8-4-5-9(15(18)19)6-10(8)13/h4-6,11H,3,7H2,1-2H3,(H,16,17). The van der Waals surface area contributed by atoms with Crippen LogP contribution in [0.4, 0.5) is 5.69 Å². The Balaban J connectivity index is 2.88. The van der Waals surface area contributed by atoms with Crippen LogP contribution >= 0.6 is 15.9 Å². The highest BCUT2D eigenvalue weighted by Crippen LogP contribution is 2.24. The van der Waals surface area contributed by atoms with Crippen LogP contribution in [-0.4, -0.2) is 34.0 Å². The predicted molar refractivity (Wildman–Crippen MR) is 74.0 cm³/mol. The number of hydrogen-bond acceptors (Lipinski definition) is 4. The van der Waals surface area contributed by atoms with E-state index in [9.17, 15) is 14.9 Å². The lowest BCUT2D eigenvalue weighted by Gasteiger charge is -2.23. The van der Waals surface area contributed by atoms with Crippen molar-refractivity contribution in [3.05, 3.63) is 38.3 Å². The zero-order valence-corrected chi connectivity index (χ0v) is 12.3. The summed E-state index contributed by atoms with van der Waals surface area (Å²) in [6.45, 7) is 2.21. The van der Waals surface area contributed by atoms with Gasteiger partial charge in [0.25, 0.3) is 5.69 Å². The zero-order valence-electron chi connectivity index (χ0n) is 10.7. The summed E-state index contributed by atoms with van der Waals surface area (Å²) >= 11 is 3.27. The highest BCUT2D eigenvalue weighted by atomic mass is 79.9. The largest absolute Gasteiger partial charge is 0.480 e. The molecule has 0 saturated heterocycles. The molecule has 104 valence electrons. The molecule has 0 aliphatic heterocycles. The zero-order chi connectivity index (χ0) is 14.6. The summed E-state index contributed by atoms with van der Waals surface area (Å²) in [7, 11) is 1.72. The van der Waals surface area contributed by atoms with Crippen LogP contribution in [0.3, 0.4) is 0 Å². The number of rotatable bonds is 6. The Kier molecular flexibility index (Phi) is 5.44. The van der Waals surface area contributed by atoms with Gasteiger partial charge in [-0.15, -0.1) is 0 Å². The summed E-state index contributed by atoms with van der Waals surface area (Å²) in [6, 6.07) is 3.90. The van der Waals surface area contributed by atoms with Crippen LogP contribution in [0, 0.1) is 10.1 Å². The van der Waals surface area contributed by atoms with Crippen LogP contribution in [0.1, 0.15) is 18.9 Å². The Hall–Kier alpha value is -1.47. The number of nitro benzene ring substituents is 1. The highest BCUT2D eigenvalue weighted by Gasteiger charge is 2.21. The van der Waals surface area contributed by atoms with Crippen molar-refractivity contribution in [2.24, 2.45) is 0 Å². The van der Waals surface area contributed by atoms with Gasteiger partial charge in [-0.05, 0) is 25.1 Å². The molecule has 1 atom stereocenters. The number of nitro groups is 1. The van der Waals surface area contributed by atoms with Crippen molar-refractivity contribution in [3.63, 3.8) is 0 Å². The molecule has 0 fully saturated rings. The lowest BCUT2D eigenvalue weighted by atomic mass is 10.1. The van der Waals surface area contributed by atoms with Crippen molar-refractivity contribution in [1.82, 2.24) is 4.90 Å². The van der Waals surface area contributed by atoms with E-state index in [2.05, 4.69) is 15.9 Å². The number of nitrogens with zero attached hydrogens (tertiary/aromatic N) is 2. The first-order valence-corrected chi connectivity index (χ1v) is 6.52. The topological polar surface area (TPSA) is 83.7 Å². The number of carboxylic acid groups (broad SMARTS) is 1. The van der Waals surface area contributed by atoms with Gasteiger partial charge in [0.1, 0.15) is 6.04 Å². The second-order valence-corrected chi connectivity index (χ2v) is 5.06. The van der Waals surface area contributed by atoms with E-state index in [1.165, 1.54) is 12.1 Å². The first-order valence-electron chi connectivity index (χ1n) is 5.72. The summed E-state index contributed by atoms with van der Waals surface area (Å²) in [5.74, 6) is -0.872. The highest BCUT2D eigenvalue weighted by molar-refractivity contribution is 9.10. The minimum Gasteiger partial charge on any atom is -0.480 e. The minimum absolute atomic E-state index is 0.00329. The Morgan fingerprint density at radius 2 is 2.21 bits per heavy atom. The second kappa shape index (κ2) is 6.63. The monoisotopic (exact) mass is 330 g/mol. The number of benzene rings is 1. The van der Waals surface area contributed by atoms with Gasteiger partial charge in [-0.3, -0.25) is 19.8 Å². The van der Waals surface area contributed by atoms with Gasteiger partial charge in [-0.2, -0.15) is 0 Å². The Labute approximate surface area is 119 Å². The van der Waals surface area contributed by atoms with Crippen LogP contribution in [-0.2, 0) is 11.3 Å². The molecule has 1 N–H and O–H groups in total. The molecule has 6 nitrogen and oxygen atoms in total. The van der Waals surface area contributed by atoms with Crippen molar-refractivity contribution < 1.29 is 14.8 Å². The van der Waals surface area contributed by atoms with E-state index in [4.69, 9.17) is 5.11 Å². The third-order valence-electron chi connectivity index (χ3n) is 2.87. The van der Waals surface area contributed by atoms with Crippen molar-refractivity contribution >= 4 is 27.6 Å². The number of likely N-dealkylation sites (N-methyl/N-ethyl adjacent to an activating group) is 1. The molecule has 0 aliphatic rings. The molecular formula is C12H15BrN2O4.